The van der Waals surface area contributed by atoms with Crippen molar-refractivity contribution in [3.8, 4) is 5.69 Å². The summed E-state index contributed by atoms with van der Waals surface area (Å²) in [5.74, 6) is 5.82. The van der Waals surface area contributed by atoms with E-state index >= 15 is 0 Å². The number of hydrogen-bond acceptors (Lipinski definition) is 3. The van der Waals surface area contributed by atoms with Crippen LogP contribution >= 0.6 is 0 Å². The van der Waals surface area contributed by atoms with E-state index < -0.39 is 0 Å². The standard InChI is InChI=1S/C17H18N4/c1-13-7-5-6-10-15(13)17(20-18)16-11-12-19-21(16)14-8-3-2-4-9-14/h2-12,17,20H,18H2,1H3. The molecule has 21 heavy (non-hydrogen) atoms. The summed E-state index contributed by atoms with van der Waals surface area (Å²) < 4.78 is 1.91. The SMILES string of the molecule is Cc1ccccc1C(NN)c1ccnn1-c1ccccc1. The first kappa shape index (κ1) is 13.5. The molecular weight excluding hydrogens is 260 g/mol. The Morgan fingerprint density at radius 2 is 1.71 bits per heavy atom. The average Bonchev–Trinajstić information content (AvgIpc) is 3.00. The zero-order chi connectivity index (χ0) is 14.7. The van der Waals surface area contributed by atoms with Crippen molar-refractivity contribution in [3.63, 3.8) is 0 Å². The van der Waals surface area contributed by atoms with Crippen LogP contribution in [-0.4, -0.2) is 9.78 Å². The Balaban J connectivity index is 2.08. The molecule has 0 fully saturated rings. The molecule has 1 atom stereocenters. The van der Waals surface area contributed by atoms with Crippen molar-refractivity contribution >= 4 is 0 Å². The summed E-state index contributed by atoms with van der Waals surface area (Å²) in [6.07, 6.45) is 1.80. The highest BCUT2D eigenvalue weighted by Gasteiger charge is 2.19. The van der Waals surface area contributed by atoms with Gasteiger partial charge in [0, 0.05) is 6.20 Å². The van der Waals surface area contributed by atoms with Crippen molar-refractivity contribution in [2.24, 2.45) is 5.84 Å². The molecule has 0 radical (unpaired) electrons. The summed E-state index contributed by atoms with van der Waals surface area (Å²) >= 11 is 0. The molecule has 0 bridgehead atoms. The van der Waals surface area contributed by atoms with Crippen LogP contribution in [0, 0.1) is 6.92 Å². The largest absolute Gasteiger partial charge is 0.271 e. The van der Waals surface area contributed by atoms with E-state index in [1.54, 1.807) is 6.20 Å². The second-order valence-corrected chi connectivity index (χ2v) is 4.96. The van der Waals surface area contributed by atoms with E-state index in [0.29, 0.717) is 0 Å². The van der Waals surface area contributed by atoms with Crippen molar-refractivity contribution in [3.05, 3.63) is 83.7 Å². The highest BCUT2D eigenvalue weighted by molar-refractivity contribution is 5.38. The number of nitrogens with one attached hydrogen (secondary N) is 1. The average molecular weight is 278 g/mol. The summed E-state index contributed by atoms with van der Waals surface area (Å²) in [6.45, 7) is 2.09. The number of nitrogens with two attached hydrogens (primary N) is 1. The predicted molar refractivity (Wildman–Crippen MR) is 83.9 cm³/mol. The molecule has 3 rings (SSSR count). The minimum atomic E-state index is -0.103. The fourth-order valence-corrected chi connectivity index (χ4v) is 2.56. The number of aromatic nitrogens is 2. The summed E-state index contributed by atoms with van der Waals surface area (Å²) in [5.41, 5.74) is 7.29. The number of aryl methyl sites for hydroxylation is 1. The molecule has 0 amide bonds. The predicted octanol–water partition coefficient (Wildman–Crippen LogP) is 2.73. The number of hydrogen-bond donors (Lipinski definition) is 2. The third-order valence-corrected chi connectivity index (χ3v) is 3.63. The fourth-order valence-electron chi connectivity index (χ4n) is 2.56. The Hall–Kier alpha value is -2.43. The molecule has 0 saturated heterocycles. The van der Waals surface area contributed by atoms with E-state index in [1.807, 2.05) is 53.2 Å². The van der Waals surface area contributed by atoms with Crippen LogP contribution in [0.4, 0.5) is 0 Å². The quantitative estimate of drug-likeness (QED) is 0.570. The molecule has 3 N–H and O–H groups in total. The first-order chi connectivity index (χ1) is 10.3. The van der Waals surface area contributed by atoms with Crippen LogP contribution in [0.2, 0.25) is 0 Å². The molecule has 1 aromatic heterocycles. The maximum absolute atomic E-state index is 5.82. The minimum absolute atomic E-state index is 0.103. The number of para-hydroxylation sites is 1. The molecule has 0 aliphatic heterocycles. The van der Waals surface area contributed by atoms with Crippen molar-refractivity contribution in [2.75, 3.05) is 0 Å². The van der Waals surface area contributed by atoms with E-state index in [1.165, 1.54) is 5.56 Å². The van der Waals surface area contributed by atoms with E-state index in [4.69, 9.17) is 5.84 Å². The molecule has 0 aliphatic rings. The van der Waals surface area contributed by atoms with E-state index in [9.17, 15) is 0 Å². The molecule has 1 unspecified atom stereocenters. The second-order valence-electron chi connectivity index (χ2n) is 4.96. The van der Waals surface area contributed by atoms with Crippen LogP contribution in [0.3, 0.4) is 0 Å². The minimum Gasteiger partial charge on any atom is -0.271 e. The van der Waals surface area contributed by atoms with Crippen molar-refractivity contribution in [1.82, 2.24) is 15.2 Å². The normalized spacial score (nSPS) is 12.3. The van der Waals surface area contributed by atoms with Gasteiger partial charge in [0.05, 0.1) is 17.4 Å². The lowest BCUT2D eigenvalue weighted by atomic mass is 9.99. The summed E-state index contributed by atoms with van der Waals surface area (Å²) in [4.78, 5) is 0. The van der Waals surface area contributed by atoms with Gasteiger partial charge in [-0.05, 0) is 36.2 Å². The third kappa shape index (κ3) is 2.59. The smallest absolute Gasteiger partial charge is 0.0885 e. The van der Waals surface area contributed by atoms with Crippen molar-refractivity contribution in [2.45, 2.75) is 13.0 Å². The first-order valence-corrected chi connectivity index (χ1v) is 6.92. The summed E-state index contributed by atoms with van der Waals surface area (Å²) in [7, 11) is 0. The first-order valence-electron chi connectivity index (χ1n) is 6.92. The molecule has 1 heterocycles. The number of nitrogens with zero attached hydrogens (tertiary/aromatic N) is 2. The van der Waals surface area contributed by atoms with Crippen LogP contribution in [0.1, 0.15) is 22.9 Å². The molecular formula is C17H18N4. The van der Waals surface area contributed by atoms with E-state index in [-0.39, 0.29) is 6.04 Å². The topological polar surface area (TPSA) is 55.9 Å². The van der Waals surface area contributed by atoms with Crippen molar-refractivity contribution in [1.29, 1.82) is 0 Å². The van der Waals surface area contributed by atoms with E-state index in [2.05, 4.69) is 29.6 Å². The molecule has 4 heteroatoms. The fraction of sp³-hybridized carbons (Fsp3) is 0.118. The molecule has 3 aromatic rings. The maximum Gasteiger partial charge on any atom is 0.0885 e. The Labute approximate surface area is 124 Å². The highest BCUT2D eigenvalue weighted by Crippen LogP contribution is 2.25. The lowest BCUT2D eigenvalue weighted by Gasteiger charge is -2.20. The molecule has 4 nitrogen and oxygen atoms in total. The monoisotopic (exact) mass is 278 g/mol. The van der Waals surface area contributed by atoms with Gasteiger partial charge in [-0.1, -0.05) is 42.5 Å². The van der Waals surface area contributed by atoms with E-state index in [0.717, 1.165) is 16.9 Å². The van der Waals surface area contributed by atoms with Gasteiger partial charge in [-0.2, -0.15) is 5.10 Å². The Bertz CT molecular complexity index is 718. The lowest BCUT2D eigenvalue weighted by Crippen LogP contribution is -2.31. The highest BCUT2D eigenvalue weighted by atomic mass is 15.3. The van der Waals surface area contributed by atoms with Gasteiger partial charge in [0.1, 0.15) is 0 Å². The van der Waals surface area contributed by atoms with Crippen LogP contribution < -0.4 is 11.3 Å². The summed E-state index contributed by atoms with van der Waals surface area (Å²) in [6, 6.07) is 20.2. The molecule has 2 aromatic carbocycles. The molecule has 0 aliphatic carbocycles. The Morgan fingerprint density at radius 1 is 1.00 bits per heavy atom. The number of rotatable bonds is 4. The van der Waals surface area contributed by atoms with Crippen LogP contribution in [-0.2, 0) is 0 Å². The molecule has 106 valence electrons. The van der Waals surface area contributed by atoms with Crippen molar-refractivity contribution < 1.29 is 0 Å². The Morgan fingerprint density at radius 3 is 2.43 bits per heavy atom. The van der Waals surface area contributed by atoms with Crippen LogP contribution in [0.15, 0.2) is 66.9 Å². The summed E-state index contributed by atoms with van der Waals surface area (Å²) in [5, 5.41) is 4.43. The van der Waals surface area contributed by atoms with Gasteiger partial charge >= 0.3 is 0 Å². The van der Waals surface area contributed by atoms with Gasteiger partial charge in [-0.3, -0.25) is 5.84 Å². The van der Waals surface area contributed by atoms with Gasteiger partial charge < -0.3 is 0 Å². The molecule has 0 saturated carbocycles. The van der Waals surface area contributed by atoms with Crippen LogP contribution in [0.5, 0.6) is 0 Å². The number of hydrazine groups is 1. The maximum atomic E-state index is 5.82. The van der Waals surface area contributed by atoms with Gasteiger partial charge in [0.15, 0.2) is 0 Å². The van der Waals surface area contributed by atoms with Gasteiger partial charge in [0.2, 0.25) is 0 Å². The van der Waals surface area contributed by atoms with Gasteiger partial charge in [0.25, 0.3) is 0 Å². The number of benzene rings is 2. The van der Waals surface area contributed by atoms with Gasteiger partial charge in [-0.25, -0.2) is 10.1 Å². The zero-order valence-corrected chi connectivity index (χ0v) is 11.9. The third-order valence-electron chi connectivity index (χ3n) is 3.63. The zero-order valence-electron chi connectivity index (χ0n) is 11.9. The Kier molecular flexibility index (Phi) is 3.81. The second kappa shape index (κ2) is 5.91. The van der Waals surface area contributed by atoms with Gasteiger partial charge in [-0.15, -0.1) is 0 Å². The lowest BCUT2D eigenvalue weighted by molar-refractivity contribution is 0.595. The molecule has 0 spiro atoms. The van der Waals surface area contributed by atoms with Crippen LogP contribution in [0.25, 0.3) is 5.69 Å².